The molecule has 0 N–H and O–H groups in total. The molecule has 0 heterocycles. The Labute approximate surface area is 99.8 Å². The minimum Gasteiger partial charge on any atom is -0.0839 e. The van der Waals surface area contributed by atoms with E-state index < -0.39 is 0 Å². The molecule has 78 valence electrons. The zero-order valence-electron chi connectivity index (χ0n) is 9.18. The van der Waals surface area contributed by atoms with E-state index in [1.807, 2.05) is 0 Å². The van der Waals surface area contributed by atoms with Crippen LogP contribution in [0.5, 0.6) is 0 Å². The van der Waals surface area contributed by atoms with Gasteiger partial charge >= 0.3 is 0 Å². The van der Waals surface area contributed by atoms with Gasteiger partial charge in [0.15, 0.2) is 0 Å². The first-order valence-electron chi connectivity index (χ1n) is 5.31. The first-order chi connectivity index (χ1) is 7.18. The Balaban J connectivity index is 2.53. The van der Waals surface area contributed by atoms with Crippen molar-refractivity contribution >= 4 is 21.5 Å². The third-order valence-corrected chi connectivity index (χ3v) is 3.42. The van der Waals surface area contributed by atoms with Crippen molar-refractivity contribution < 1.29 is 0 Å². The Morgan fingerprint density at radius 3 is 2.73 bits per heavy atom. The molecule has 0 amide bonds. The molecule has 1 aliphatic rings. The van der Waals surface area contributed by atoms with E-state index in [1.54, 1.807) is 0 Å². The van der Waals surface area contributed by atoms with Gasteiger partial charge in [-0.05, 0) is 61.1 Å². The normalized spacial score (nSPS) is 15.9. The second-order valence-electron chi connectivity index (χ2n) is 4.06. The van der Waals surface area contributed by atoms with Crippen LogP contribution in [0.1, 0.15) is 30.9 Å². The highest BCUT2D eigenvalue weighted by molar-refractivity contribution is 9.10. The van der Waals surface area contributed by atoms with Gasteiger partial charge in [0, 0.05) is 4.47 Å². The van der Waals surface area contributed by atoms with Crippen molar-refractivity contribution in [3.63, 3.8) is 0 Å². The van der Waals surface area contributed by atoms with Crippen LogP contribution in [0.2, 0.25) is 0 Å². The van der Waals surface area contributed by atoms with E-state index in [0.29, 0.717) is 0 Å². The molecule has 0 bridgehead atoms. The molecule has 1 heteroatoms. The Morgan fingerprint density at radius 2 is 2.00 bits per heavy atom. The van der Waals surface area contributed by atoms with E-state index in [2.05, 4.69) is 60.1 Å². The molecular weight excluding hydrogens is 248 g/mol. The van der Waals surface area contributed by atoms with E-state index in [0.717, 1.165) is 4.47 Å². The number of rotatable bonds is 1. The molecule has 0 aromatic heterocycles. The maximum absolute atomic E-state index is 3.54. The average Bonchev–Trinajstić information content (AvgIpc) is 2.23. The summed E-state index contributed by atoms with van der Waals surface area (Å²) in [4.78, 5) is 0. The standard InChI is InChI=1S/C14H15Br/c1-10-5-3-4-6-13(10)14-9-12(15)8-7-11(14)2/h3,5,7-9H,4,6H2,1-2H3. The van der Waals surface area contributed by atoms with Gasteiger partial charge in [-0.3, -0.25) is 0 Å². The molecule has 2 rings (SSSR count). The Hall–Kier alpha value is -0.820. The number of halogens is 1. The lowest BCUT2D eigenvalue weighted by atomic mass is 9.90. The van der Waals surface area contributed by atoms with E-state index in [4.69, 9.17) is 0 Å². The molecule has 1 aromatic rings. The summed E-state index contributed by atoms with van der Waals surface area (Å²) in [7, 11) is 0. The van der Waals surface area contributed by atoms with Gasteiger partial charge in [-0.1, -0.05) is 34.1 Å². The topological polar surface area (TPSA) is 0 Å². The number of hydrogen-bond acceptors (Lipinski definition) is 0. The minimum atomic E-state index is 1.16. The first kappa shape index (κ1) is 10.7. The summed E-state index contributed by atoms with van der Waals surface area (Å²) in [5, 5.41) is 0. The largest absolute Gasteiger partial charge is 0.0839 e. The number of hydrogen-bond donors (Lipinski definition) is 0. The molecule has 0 radical (unpaired) electrons. The molecule has 1 aromatic carbocycles. The lowest BCUT2D eigenvalue weighted by Gasteiger charge is -2.16. The molecule has 0 aliphatic heterocycles. The lowest BCUT2D eigenvalue weighted by molar-refractivity contribution is 1.03. The third-order valence-electron chi connectivity index (χ3n) is 2.93. The second kappa shape index (κ2) is 4.36. The van der Waals surface area contributed by atoms with Crippen molar-refractivity contribution in [3.05, 3.63) is 51.5 Å². The van der Waals surface area contributed by atoms with Crippen molar-refractivity contribution in [2.45, 2.75) is 26.7 Å². The predicted molar refractivity (Wildman–Crippen MR) is 69.8 cm³/mol. The van der Waals surface area contributed by atoms with Gasteiger partial charge in [0.05, 0.1) is 0 Å². The molecule has 0 fully saturated rings. The van der Waals surface area contributed by atoms with Gasteiger partial charge in [-0.2, -0.15) is 0 Å². The maximum Gasteiger partial charge on any atom is 0.0181 e. The monoisotopic (exact) mass is 262 g/mol. The van der Waals surface area contributed by atoms with Crippen molar-refractivity contribution in [3.8, 4) is 0 Å². The SMILES string of the molecule is CC1=C(c2cc(Br)ccc2C)CCC=C1. The number of aryl methyl sites for hydroxylation is 1. The van der Waals surface area contributed by atoms with Crippen molar-refractivity contribution in [2.24, 2.45) is 0 Å². The summed E-state index contributed by atoms with van der Waals surface area (Å²) < 4.78 is 1.16. The maximum atomic E-state index is 3.54. The molecule has 0 spiro atoms. The summed E-state index contributed by atoms with van der Waals surface area (Å²) in [6.07, 6.45) is 6.82. The van der Waals surface area contributed by atoms with Crippen molar-refractivity contribution in [1.82, 2.24) is 0 Å². The molecule has 0 unspecified atom stereocenters. The fourth-order valence-electron chi connectivity index (χ4n) is 2.05. The van der Waals surface area contributed by atoms with Crippen LogP contribution in [0, 0.1) is 6.92 Å². The Bertz CT molecular complexity index is 439. The fraction of sp³-hybridized carbons (Fsp3) is 0.286. The van der Waals surface area contributed by atoms with Gasteiger partial charge in [-0.15, -0.1) is 0 Å². The average molecular weight is 263 g/mol. The van der Waals surface area contributed by atoms with Crippen LogP contribution in [-0.4, -0.2) is 0 Å². The lowest BCUT2D eigenvalue weighted by Crippen LogP contribution is -1.95. The van der Waals surface area contributed by atoms with Crippen LogP contribution >= 0.6 is 15.9 Å². The van der Waals surface area contributed by atoms with E-state index in [-0.39, 0.29) is 0 Å². The van der Waals surface area contributed by atoms with Gasteiger partial charge in [-0.25, -0.2) is 0 Å². The smallest absolute Gasteiger partial charge is 0.0181 e. The molecule has 1 aliphatic carbocycles. The summed E-state index contributed by atoms with van der Waals surface area (Å²) in [5.74, 6) is 0. The minimum absolute atomic E-state index is 1.16. The van der Waals surface area contributed by atoms with Crippen LogP contribution < -0.4 is 0 Å². The molecule has 15 heavy (non-hydrogen) atoms. The fourth-order valence-corrected chi connectivity index (χ4v) is 2.41. The Morgan fingerprint density at radius 1 is 1.20 bits per heavy atom. The highest BCUT2D eigenvalue weighted by Gasteiger charge is 2.10. The zero-order valence-corrected chi connectivity index (χ0v) is 10.8. The number of allylic oxidation sites excluding steroid dienone is 4. The van der Waals surface area contributed by atoms with Crippen molar-refractivity contribution in [1.29, 1.82) is 0 Å². The summed E-state index contributed by atoms with van der Waals surface area (Å²) in [5.41, 5.74) is 5.66. The van der Waals surface area contributed by atoms with Crippen LogP contribution in [0.3, 0.4) is 0 Å². The van der Waals surface area contributed by atoms with Crippen LogP contribution in [0.15, 0.2) is 40.4 Å². The third kappa shape index (κ3) is 2.23. The van der Waals surface area contributed by atoms with E-state index >= 15 is 0 Å². The van der Waals surface area contributed by atoms with Crippen LogP contribution in [-0.2, 0) is 0 Å². The second-order valence-corrected chi connectivity index (χ2v) is 4.98. The predicted octanol–water partition coefficient (Wildman–Crippen LogP) is 4.88. The van der Waals surface area contributed by atoms with Crippen molar-refractivity contribution in [2.75, 3.05) is 0 Å². The summed E-state index contributed by atoms with van der Waals surface area (Å²) in [6, 6.07) is 6.51. The summed E-state index contributed by atoms with van der Waals surface area (Å²) >= 11 is 3.54. The molecule has 0 atom stereocenters. The molecule has 0 saturated carbocycles. The molecule has 0 saturated heterocycles. The first-order valence-corrected chi connectivity index (χ1v) is 6.10. The molecular formula is C14H15Br. The van der Waals surface area contributed by atoms with Gasteiger partial charge < -0.3 is 0 Å². The molecule has 0 nitrogen and oxygen atoms in total. The van der Waals surface area contributed by atoms with E-state index in [1.165, 1.54) is 35.1 Å². The Kier molecular flexibility index (Phi) is 3.11. The summed E-state index contributed by atoms with van der Waals surface area (Å²) in [6.45, 7) is 4.38. The van der Waals surface area contributed by atoms with Gasteiger partial charge in [0.2, 0.25) is 0 Å². The quantitative estimate of drug-likeness (QED) is 0.677. The van der Waals surface area contributed by atoms with Gasteiger partial charge in [0.1, 0.15) is 0 Å². The highest BCUT2D eigenvalue weighted by atomic mass is 79.9. The van der Waals surface area contributed by atoms with Gasteiger partial charge in [0.25, 0.3) is 0 Å². The zero-order chi connectivity index (χ0) is 10.8. The van der Waals surface area contributed by atoms with E-state index in [9.17, 15) is 0 Å². The number of benzene rings is 1. The van der Waals surface area contributed by atoms with Crippen LogP contribution in [0.4, 0.5) is 0 Å². The van der Waals surface area contributed by atoms with Crippen LogP contribution in [0.25, 0.3) is 5.57 Å². The highest BCUT2D eigenvalue weighted by Crippen LogP contribution is 2.31.